The van der Waals surface area contributed by atoms with Gasteiger partial charge in [0.1, 0.15) is 24.5 Å². The monoisotopic (exact) mass is 477 g/mol. The van der Waals surface area contributed by atoms with Gasteiger partial charge in [-0.1, -0.05) is 11.6 Å². The van der Waals surface area contributed by atoms with Crippen LogP contribution in [0.5, 0.6) is 5.88 Å². The molecule has 10 heteroatoms. The van der Waals surface area contributed by atoms with Gasteiger partial charge < -0.3 is 9.26 Å². The van der Waals surface area contributed by atoms with Crippen molar-refractivity contribution in [2.45, 2.75) is 82.3 Å². The molecule has 1 spiro atoms. The topological polar surface area (TPSA) is 112 Å². The van der Waals surface area contributed by atoms with Crippen molar-refractivity contribution in [3.05, 3.63) is 30.0 Å². The first kappa shape index (κ1) is 22.3. The molecule has 0 bridgehead atoms. The molecule has 6 rings (SSSR count). The molecule has 2 fully saturated rings. The molecule has 3 aromatic rings. The maximum absolute atomic E-state index is 13.1. The van der Waals surface area contributed by atoms with Crippen molar-refractivity contribution in [1.29, 1.82) is 0 Å². The average molecular weight is 478 g/mol. The van der Waals surface area contributed by atoms with E-state index in [1.54, 1.807) is 17.1 Å². The summed E-state index contributed by atoms with van der Waals surface area (Å²) in [6.07, 6.45) is 11.2. The Morgan fingerprint density at radius 1 is 1.17 bits per heavy atom. The van der Waals surface area contributed by atoms with E-state index < -0.39 is 5.41 Å². The van der Waals surface area contributed by atoms with Crippen LogP contribution in [0, 0.1) is 0 Å². The van der Waals surface area contributed by atoms with E-state index in [0.717, 1.165) is 62.8 Å². The number of aromatic nitrogens is 6. The number of carbonyl (C=O) groups is 1. The molecular weight excluding hydrogens is 446 g/mol. The van der Waals surface area contributed by atoms with E-state index in [-0.39, 0.29) is 11.9 Å². The summed E-state index contributed by atoms with van der Waals surface area (Å²) in [5.41, 5.74) is 1.01. The number of carbonyl (C=O) groups excluding carboxylic acids is 1. The lowest BCUT2D eigenvalue weighted by Crippen LogP contribution is -2.41. The molecule has 3 atom stereocenters. The second-order valence-electron chi connectivity index (χ2n) is 10.1. The van der Waals surface area contributed by atoms with Crippen LogP contribution in [0.1, 0.15) is 69.6 Å². The Balaban J connectivity index is 1.40. The Kier molecular flexibility index (Phi) is 5.63. The number of ether oxygens (including phenoxy) is 1. The van der Waals surface area contributed by atoms with Gasteiger partial charge >= 0.3 is 0 Å². The highest BCUT2D eigenvalue weighted by molar-refractivity contribution is 5.91. The Morgan fingerprint density at radius 3 is 2.83 bits per heavy atom. The molecule has 3 aliphatic rings. The van der Waals surface area contributed by atoms with Gasteiger partial charge in [-0.2, -0.15) is 10.1 Å². The van der Waals surface area contributed by atoms with Gasteiger partial charge in [-0.3, -0.25) is 9.69 Å². The van der Waals surface area contributed by atoms with E-state index >= 15 is 0 Å². The van der Waals surface area contributed by atoms with Crippen molar-refractivity contribution in [3.63, 3.8) is 0 Å². The highest BCUT2D eigenvalue weighted by Crippen LogP contribution is 2.47. The van der Waals surface area contributed by atoms with E-state index in [1.165, 1.54) is 12.7 Å². The lowest BCUT2D eigenvalue weighted by molar-refractivity contribution is -0.128. The van der Waals surface area contributed by atoms with Gasteiger partial charge in [-0.25, -0.2) is 14.6 Å². The zero-order chi connectivity index (χ0) is 24.0. The summed E-state index contributed by atoms with van der Waals surface area (Å²) >= 11 is 0. The summed E-state index contributed by atoms with van der Waals surface area (Å²) in [7, 11) is 2.13. The van der Waals surface area contributed by atoms with Gasteiger partial charge in [0.2, 0.25) is 5.88 Å². The SMILES string of the molecule is C[C@H](Oc1cc(-n2cncn2)nc(-c2noc3c2CCC[C@@]32CCCCC2=O)n1)[C@@H]1CCCN1C. The number of Topliss-reactive ketones (excluding diaryl/α,β-unsaturated/α-hetero) is 1. The number of nitrogens with zero attached hydrogens (tertiary/aromatic N) is 7. The van der Waals surface area contributed by atoms with Crippen LogP contribution in [0.4, 0.5) is 0 Å². The number of fused-ring (bicyclic) bond motifs is 2. The molecule has 0 radical (unpaired) electrons. The Hall–Kier alpha value is -3.14. The summed E-state index contributed by atoms with van der Waals surface area (Å²) in [6.45, 7) is 3.16. The van der Waals surface area contributed by atoms with Crippen LogP contribution >= 0.6 is 0 Å². The van der Waals surface area contributed by atoms with Gasteiger partial charge in [0.15, 0.2) is 23.1 Å². The fourth-order valence-corrected chi connectivity index (χ4v) is 6.19. The lowest BCUT2D eigenvalue weighted by Gasteiger charge is -2.36. The van der Waals surface area contributed by atoms with Crippen LogP contribution < -0.4 is 4.74 Å². The first-order valence-electron chi connectivity index (χ1n) is 12.7. The summed E-state index contributed by atoms with van der Waals surface area (Å²) in [5, 5.41) is 8.67. The third-order valence-electron chi connectivity index (χ3n) is 8.02. The molecule has 35 heavy (non-hydrogen) atoms. The minimum Gasteiger partial charge on any atom is -0.473 e. The van der Waals surface area contributed by atoms with Crippen LogP contribution in [0.3, 0.4) is 0 Å². The molecule has 4 heterocycles. The molecule has 3 aromatic heterocycles. The number of hydrogen-bond donors (Lipinski definition) is 0. The van der Waals surface area contributed by atoms with Crippen LogP contribution in [-0.4, -0.2) is 66.3 Å². The van der Waals surface area contributed by atoms with Gasteiger partial charge in [-0.05, 0) is 65.5 Å². The maximum atomic E-state index is 13.1. The number of likely N-dealkylation sites (tertiary alicyclic amines) is 1. The van der Waals surface area contributed by atoms with E-state index in [9.17, 15) is 4.79 Å². The normalized spacial score (nSPS) is 25.7. The van der Waals surface area contributed by atoms with Crippen molar-refractivity contribution in [2.24, 2.45) is 0 Å². The molecule has 0 aromatic carbocycles. The molecule has 1 saturated heterocycles. The molecule has 0 unspecified atom stereocenters. The molecule has 0 amide bonds. The Bertz CT molecular complexity index is 1220. The third-order valence-corrected chi connectivity index (χ3v) is 8.02. The van der Waals surface area contributed by atoms with E-state index in [0.29, 0.717) is 35.7 Å². The molecule has 184 valence electrons. The molecular formula is C25H31N7O3. The second-order valence-corrected chi connectivity index (χ2v) is 10.1. The second kappa shape index (κ2) is 8.82. The predicted octanol–water partition coefficient (Wildman–Crippen LogP) is 3.29. The summed E-state index contributed by atoms with van der Waals surface area (Å²) in [6, 6.07) is 2.11. The fraction of sp³-hybridized carbons (Fsp3) is 0.600. The maximum Gasteiger partial charge on any atom is 0.219 e. The largest absolute Gasteiger partial charge is 0.473 e. The minimum atomic E-state index is -0.540. The highest BCUT2D eigenvalue weighted by Gasteiger charge is 2.48. The molecule has 0 N–H and O–H groups in total. The fourth-order valence-electron chi connectivity index (χ4n) is 6.19. The summed E-state index contributed by atoms with van der Waals surface area (Å²) in [4.78, 5) is 29.0. The van der Waals surface area contributed by atoms with Crippen LogP contribution in [0.25, 0.3) is 17.3 Å². The highest BCUT2D eigenvalue weighted by atomic mass is 16.5. The van der Waals surface area contributed by atoms with E-state index in [2.05, 4.69) is 34.1 Å². The summed E-state index contributed by atoms with van der Waals surface area (Å²) in [5.74, 6) is 2.44. The first-order valence-corrected chi connectivity index (χ1v) is 12.7. The van der Waals surface area contributed by atoms with Gasteiger partial charge in [0, 0.05) is 24.1 Å². The van der Waals surface area contributed by atoms with E-state index in [1.807, 2.05) is 0 Å². The van der Waals surface area contributed by atoms with Crippen LogP contribution in [0.15, 0.2) is 23.2 Å². The van der Waals surface area contributed by atoms with Crippen molar-refractivity contribution in [1.82, 2.24) is 34.8 Å². The van der Waals surface area contributed by atoms with Crippen LogP contribution in [0.2, 0.25) is 0 Å². The van der Waals surface area contributed by atoms with Crippen molar-refractivity contribution < 1.29 is 14.1 Å². The molecule has 2 aliphatic carbocycles. The standard InChI is InChI=1S/C25H31N7O3/c1-16(18-8-6-12-31(18)2)34-21-13-20(32-15-26-14-27-32)28-24(29-21)22-17-7-5-11-25(23(17)35-30-22)10-4-3-9-19(25)33/h13-16,18H,3-12H2,1-2H3/t16-,18-,25+/m0/s1. The molecule has 1 saturated carbocycles. The first-order chi connectivity index (χ1) is 17.0. The van der Waals surface area contributed by atoms with Crippen molar-refractivity contribution in [2.75, 3.05) is 13.6 Å². The number of likely N-dealkylation sites (N-methyl/N-ethyl adjacent to an activating group) is 1. The molecule has 1 aliphatic heterocycles. The number of ketones is 1. The number of rotatable bonds is 5. The van der Waals surface area contributed by atoms with E-state index in [4.69, 9.17) is 19.2 Å². The van der Waals surface area contributed by atoms with Gasteiger partial charge in [0.05, 0.1) is 5.41 Å². The Morgan fingerprint density at radius 2 is 2.06 bits per heavy atom. The van der Waals surface area contributed by atoms with Gasteiger partial charge in [-0.15, -0.1) is 0 Å². The van der Waals surface area contributed by atoms with Crippen LogP contribution in [-0.2, 0) is 16.6 Å². The Labute approximate surface area is 204 Å². The smallest absolute Gasteiger partial charge is 0.219 e. The predicted molar refractivity (Wildman–Crippen MR) is 126 cm³/mol. The minimum absolute atomic E-state index is 0.0387. The zero-order valence-corrected chi connectivity index (χ0v) is 20.3. The quantitative estimate of drug-likeness (QED) is 0.546. The number of hydrogen-bond acceptors (Lipinski definition) is 9. The average Bonchev–Trinajstić information content (AvgIpc) is 3.62. The zero-order valence-electron chi connectivity index (χ0n) is 20.3. The summed E-state index contributed by atoms with van der Waals surface area (Å²) < 4.78 is 13.9. The molecule has 10 nitrogen and oxygen atoms in total. The lowest BCUT2D eigenvalue weighted by atomic mass is 9.64. The van der Waals surface area contributed by atoms with Gasteiger partial charge in [0.25, 0.3) is 0 Å². The third kappa shape index (κ3) is 3.84. The van der Waals surface area contributed by atoms with Crippen molar-refractivity contribution in [3.8, 4) is 23.2 Å². The van der Waals surface area contributed by atoms with Crippen molar-refractivity contribution >= 4 is 5.78 Å².